The van der Waals surface area contributed by atoms with Gasteiger partial charge in [0, 0.05) is 25.8 Å². The van der Waals surface area contributed by atoms with Gasteiger partial charge in [-0.15, -0.1) is 0 Å². The van der Waals surface area contributed by atoms with Crippen LogP contribution in [-0.2, 0) is 4.74 Å². The van der Waals surface area contributed by atoms with Crippen LogP contribution in [0.5, 0.6) is 0 Å². The van der Waals surface area contributed by atoms with E-state index in [1.54, 1.807) is 7.05 Å². The Kier molecular flexibility index (Phi) is 5.86. The van der Waals surface area contributed by atoms with Gasteiger partial charge in [0.15, 0.2) is 0 Å². The van der Waals surface area contributed by atoms with Gasteiger partial charge in [0.05, 0.1) is 0 Å². The molecule has 0 spiro atoms. The van der Waals surface area contributed by atoms with E-state index in [-0.39, 0.29) is 6.09 Å². The van der Waals surface area contributed by atoms with Crippen LogP contribution in [0.1, 0.15) is 59.1 Å². The zero-order valence-electron chi connectivity index (χ0n) is 15.9. The fraction of sp³-hybridized carbons (Fsp3) is 0.684. The summed E-state index contributed by atoms with van der Waals surface area (Å²) in [5, 5.41) is 0. The van der Waals surface area contributed by atoms with Crippen LogP contribution >= 0.6 is 0 Å². The summed E-state index contributed by atoms with van der Waals surface area (Å²) in [4.78, 5) is 20.6. The van der Waals surface area contributed by atoms with Gasteiger partial charge in [-0.3, -0.25) is 9.80 Å². The number of ether oxygens (including phenoxy) is 1. The van der Waals surface area contributed by atoms with Crippen molar-refractivity contribution >= 4 is 11.9 Å². The summed E-state index contributed by atoms with van der Waals surface area (Å²) in [6.07, 6.45) is 3.93. The highest BCUT2D eigenvalue weighted by Gasteiger charge is 2.27. The van der Waals surface area contributed by atoms with Crippen molar-refractivity contribution in [1.29, 1.82) is 0 Å². The number of carbonyl (C=O) groups is 1. The lowest BCUT2D eigenvalue weighted by Gasteiger charge is -2.27. The van der Waals surface area contributed by atoms with E-state index < -0.39 is 5.60 Å². The number of hydrogen-bond donors (Lipinski definition) is 0. The van der Waals surface area contributed by atoms with Gasteiger partial charge in [-0.05, 0) is 57.7 Å². The summed E-state index contributed by atoms with van der Waals surface area (Å²) >= 11 is 0. The molecule has 1 aliphatic heterocycles. The molecule has 0 aliphatic carbocycles. The third-order valence-corrected chi connectivity index (χ3v) is 4.13. The molecule has 5 heteroatoms. The van der Waals surface area contributed by atoms with Gasteiger partial charge >= 0.3 is 6.09 Å². The van der Waals surface area contributed by atoms with Crippen molar-refractivity contribution in [2.75, 3.05) is 25.0 Å². The summed E-state index contributed by atoms with van der Waals surface area (Å²) in [7, 11) is 1.69. The first kappa shape index (κ1) is 18.7. The molecule has 1 aromatic rings. The summed E-state index contributed by atoms with van der Waals surface area (Å²) in [6, 6.07) is 4.44. The van der Waals surface area contributed by atoms with Crippen molar-refractivity contribution in [2.24, 2.45) is 5.92 Å². The lowest BCUT2D eigenvalue weighted by molar-refractivity contribution is 0.0588. The van der Waals surface area contributed by atoms with Crippen molar-refractivity contribution < 1.29 is 9.53 Å². The molecule has 2 heterocycles. The van der Waals surface area contributed by atoms with Crippen LogP contribution < -0.4 is 4.90 Å². The van der Waals surface area contributed by atoms with Crippen molar-refractivity contribution in [2.45, 2.75) is 59.1 Å². The Morgan fingerprint density at radius 1 is 1.42 bits per heavy atom. The van der Waals surface area contributed by atoms with E-state index in [1.807, 2.05) is 33.0 Å². The van der Waals surface area contributed by atoms with Gasteiger partial charge in [-0.2, -0.15) is 0 Å². The first-order valence-electron chi connectivity index (χ1n) is 8.84. The summed E-state index contributed by atoms with van der Waals surface area (Å²) in [6.45, 7) is 12.4. The van der Waals surface area contributed by atoms with Crippen molar-refractivity contribution in [1.82, 2.24) is 9.88 Å². The molecule has 24 heavy (non-hydrogen) atoms. The predicted molar refractivity (Wildman–Crippen MR) is 97.3 cm³/mol. The minimum Gasteiger partial charge on any atom is -0.443 e. The van der Waals surface area contributed by atoms with Crippen molar-refractivity contribution in [3.63, 3.8) is 0 Å². The molecule has 0 aromatic carbocycles. The second-order valence-electron chi connectivity index (χ2n) is 8.04. The van der Waals surface area contributed by atoms with Gasteiger partial charge in [0.25, 0.3) is 0 Å². The lowest BCUT2D eigenvalue weighted by Crippen LogP contribution is -2.34. The standard InChI is InChI=1S/C19H31N3O2/c1-14(2)13-22-11-7-8-16(22)15-9-10-17(20-12-15)21(6)18(23)24-19(3,4)5/h9-10,12,14,16H,7-8,11,13H2,1-6H3. The van der Waals surface area contributed by atoms with Gasteiger partial charge in [-0.25, -0.2) is 9.78 Å². The number of likely N-dealkylation sites (tertiary alicyclic amines) is 1. The van der Waals surface area contributed by atoms with Crippen LogP contribution in [0.15, 0.2) is 18.3 Å². The average molecular weight is 333 g/mol. The van der Waals surface area contributed by atoms with E-state index in [9.17, 15) is 4.79 Å². The minimum absolute atomic E-state index is 0.384. The molecule has 0 N–H and O–H groups in total. The fourth-order valence-corrected chi connectivity index (χ4v) is 3.11. The zero-order chi connectivity index (χ0) is 17.9. The normalized spacial score (nSPS) is 18.9. The van der Waals surface area contributed by atoms with Crippen LogP contribution in [0.4, 0.5) is 10.6 Å². The molecule has 0 radical (unpaired) electrons. The summed E-state index contributed by atoms with van der Waals surface area (Å²) < 4.78 is 5.38. The molecule has 1 unspecified atom stereocenters. The van der Waals surface area contributed by atoms with Gasteiger partial charge < -0.3 is 4.74 Å². The maximum Gasteiger partial charge on any atom is 0.415 e. The number of rotatable bonds is 4. The van der Waals surface area contributed by atoms with E-state index in [1.165, 1.54) is 23.3 Å². The van der Waals surface area contributed by atoms with E-state index >= 15 is 0 Å². The second kappa shape index (κ2) is 7.51. The van der Waals surface area contributed by atoms with E-state index in [0.29, 0.717) is 17.8 Å². The van der Waals surface area contributed by atoms with E-state index in [4.69, 9.17) is 4.74 Å². The van der Waals surface area contributed by atoms with Crippen LogP contribution in [0.3, 0.4) is 0 Å². The molecule has 5 nitrogen and oxygen atoms in total. The molecule has 1 aliphatic rings. The highest BCUT2D eigenvalue weighted by atomic mass is 16.6. The third kappa shape index (κ3) is 4.94. The number of aromatic nitrogens is 1. The molecule has 0 bridgehead atoms. The number of carbonyl (C=O) groups excluding carboxylic acids is 1. The molecule has 1 saturated heterocycles. The molecular formula is C19H31N3O2. The van der Waals surface area contributed by atoms with E-state index in [0.717, 1.165) is 13.1 Å². The first-order chi connectivity index (χ1) is 11.2. The van der Waals surface area contributed by atoms with Crippen molar-refractivity contribution in [3.8, 4) is 0 Å². The highest BCUT2D eigenvalue weighted by Crippen LogP contribution is 2.32. The Bertz CT molecular complexity index is 549. The number of pyridine rings is 1. The van der Waals surface area contributed by atoms with Crippen molar-refractivity contribution in [3.05, 3.63) is 23.9 Å². The van der Waals surface area contributed by atoms with Gasteiger partial charge in [0.2, 0.25) is 0 Å². The zero-order valence-corrected chi connectivity index (χ0v) is 15.9. The SMILES string of the molecule is CC(C)CN1CCCC1c1ccc(N(C)C(=O)OC(C)(C)C)nc1. The van der Waals surface area contributed by atoms with Crippen LogP contribution in [0.2, 0.25) is 0 Å². The maximum atomic E-state index is 12.1. The quantitative estimate of drug-likeness (QED) is 0.826. The average Bonchev–Trinajstić information content (AvgIpc) is 2.92. The third-order valence-electron chi connectivity index (χ3n) is 4.13. The molecule has 1 amide bonds. The molecule has 0 saturated carbocycles. The summed E-state index contributed by atoms with van der Waals surface area (Å²) in [5.74, 6) is 1.28. The van der Waals surface area contributed by atoms with Crippen LogP contribution in [-0.4, -0.2) is 41.7 Å². The number of anilines is 1. The minimum atomic E-state index is -0.507. The monoisotopic (exact) mass is 333 g/mol. The number of hydrogen-bond acceptors (Lipinski definition) is 4. The molecular weight excluding hydrogens is 302 g/mol. The lowest BCUT2D eigenvalue weighted by atomic mass is 10.1. The maximum absolute atomic E-state index is 12.1. The topological polar surface area (TPSA) is 45.7 Å². The Labute approximate surface area is 146 Å². The van der Waals surface area contributed by atoms with Gasteiger partial charge in [0.1, 0.15) is 11.4 Å². The van der Waals surface area contributed by atoms with E-state index in [2.05, 4.69) is 29.8 Å². The number of nitrogens with zero attached hydrogens (tertiary/aromatic N) is 3. The fourth-order valence-electron chi connectivity index (χ4n) is 3.11. The largest absolute Gasteiger partial charge is 0.443 e. The smallest absolute Gasteiger partial charge is 0.415 e. The van der Waals surface area contributed by atoms with Gasteiger partial charge in [-0.1, -0.05) is 19.9 Å². The Morgan fingerprint density at radius 3 is 2.67 bits per heavy atom. The Morgan fingerprint density at radius 2 is 2.12 bits per heavy atom. The molecule has 2 rings (SSSR count). The molecule has 134 valence electrons. The highest BCUT2D eigenvalue weighted by molar-refractivity contribution is 5.85. The molecule has 1 atom stereocenters. The predicted octanol–water partition coefficient (Wildman–Crippen LogP) is 4.25. The Balaban J connectivity index is 2.06. The molecule has 1 aromatic heterocycles. The second-order valence-corrected chi connectivity index (χ2v) is 8.04. The molecule has 1 fully saturated rings. The summed E-state index contributed by atoms with van der Waals surface area (Å²) in [5.41, 5.74) is 0.724. The Hall–Kier alpha value is -1.62. The number of amides is 1. The van der Waals surface area contributed by atoms with Crippen LogP contribution in [0.25, 0.3) is 0 Å². The van der Waals surface area contributed by atoms with Crippen LogP contribution in [0, 0.1) is 5.92 Å². The first-order valence-corrected chi connectivity index (χ1v) is 8.84.